The Labute approximate surface area is 181 Å². The maximum Gasteiger partial charge on any atom is 0.253 e. The van der Waals surface area contributed by atoms with E-state index in [2.05, 4.69) is 10.3 Å². The monoisotopic (exact) mass is 430 g/mol. The Morgan fingerprint density at radius 3 is 2.10 bits per heavy atom. The summed E-state index contributed by atoms with van der Waals surface area (Å²) in [5, 5.41) is 3.46. The lowest BCUT2D eigenvalue weighted by Crippen LogP contribution is -2.28. The number of nitrogens with zero attached hydrogens (tertiary/aromatic N) is 1. The minimum atomic E-state index is -3.77. The van der Waals surface area contributed by atoms with E-state index in [0.717, 1.165) is 11.8 Å². The number of pyridine rings is 1. The van der Waals surface area contributed by atoms with Crippen LogP contribution in [0.25, 0.3) is 22.2 Å². The molecule has 4 rings (SSSR count). The Morgan fingerprint density at radius 2 is 1.45 bits per heavy atom. The van der Waals surface area contributed by atoms with Crippen molar-refractivity contribution in [2.75, 3.05) is 6.26 Å². The molecule has 31 heavy (non-hydrogen) atoms. The average molecular weight is 431 g/mol. The van der Waals surface area contributed by atoms with Crippen molar-refractivity contribution in [1.29, 1.82) is 0 Å². The lowest BCUT2D eigenvalue weighted by Gasteiger charge is -2.19. The van der Waals surface area contributed by atoms with Gasteiger partial charge in [0, 0.05) is 17.2 Å². The van der Waals surface area contributed by atoms with Gasteiger partial charge in [0.25, 0.3) is 5.91 Å². The molecule has 6 heteroatoms. The summed E-state index contributed by atoms with van der Waals surface area (Å²) in [4.78, 5) is 18.1. The maximum atomic E-state index is 13.5. The molecule has 0 radical (unpaired) electrons. The highest BCUT2D eigenvalue weighted by Gasteiger charge is 2.28. The molecule has 3 aromatic carbocycles. The van der Waals surface area contributed by atoms with Gasteiger partial charge in [0.2, 0.25) is 0 Å². The zero-order valence-corrected chi connectivity index (χ0v) is 18.1. The molecule has 4 aromatic rings. The minimum Gasteiger partial charge on any atom is -0.345 e. The number of rotatable bonds is 5. The molecule has 1 heterocycles. The Balaban J connectivity index is 1.95. The van der Waals surface area contributed by atoms with Gasteiger partial charge < -0.3 is 5.32 Å². The van der Waals surface area contributed by atoms with Crippen LogP contribution in [0.4, 0.5) is 0 Å². The summed E-state index contributed by atoms with van der Waals surface area (Å²) < 4.78 is 25.9. The Kier molecular flexibility index (Phi) is 5.57. The molecule has 0 saturated heterocycles. The van der Waals surface area contributed by atoms with E-state index >= 15 is 0 Å². The van der Waals surface area contributed by atoms with E-state index in [9.17, 15) is 13.2 Å². The number of fused-ring (bicyclic) bond motifs is 1. The SMILES string of the molecule is CC(NC(=O)c1c(S(C)(=O)=O)c(-c2ccccc2)nc2ccccc12)c1ccccc1. The molecule has 0 aliphatic heterocycles. The van der Waals surface area contributed by atoms with Crippen LogP contribution in [-0.2, 0) is 9.84 Å². The summed E-state index contributed by atoms with van der Waals surface area (Å²) in [6.07, 6.45) is 1.11. The third kappa shape index (κ3) is 4.20. The summed E-state index contributed by atoms with van der Waals surface area (Å²) in [7, 11) is -3.77. The van der Waals surface area contributed by atoms with E-state index < -0.39 is 15.7 Å². The predicted molar refractivity (Wildman–Crippen MR) is 123 cm³/mol. The summed E-state index contributed by atoms with van der Waals surface area (Å²) in [5.41, 5.74) is 2.53. The highest BCUT2D eigenvalue weighted by atomic mass is 32.2. The van der Waals surface area contributed by atoms with Gasteiger partial charge in [-0.15, -0.1) is 0 Å². The van der Waals surface area contributed by atoms with Crippen molar-refractivity contribution in [3.63, 3.8) is 0 Å². The molecule has 1 aromatic heterocycles. The normalized spacial score (nSPS) is 12.5. The first kappa shape index (κ1) is 20.8. The van der Waals surface area contributed by atoms with Crippen LogP contribution in [0.3, 0.4) is 0 Å². The van der Waals surface area contributed by atoms with Gasteiger partial charge in [-0.05, 0) is 18.6 Å². The van der Waals surface area contributed by atoms with Crippen LogP contribution in [0.1, 0.15) is 28.9 Å². The number of carbonyl (C=O) groups excluding carboxylic acids is 1. The van der Waals surface area contributed by atoms with Crippen LogP contribution in [0.5, 0.6) is 0 Å². The topological polar surface area (TPSA) is 76.1 Å². The molecule has 0 saturated carbocycles. The first-order valence-electron chi connectivity index (χ1n) is 9.90. The van der Waals surface area contributed by atoms with Crippen molar-refractivity contribution in [2.24, 2.45) is 0 Å². The largest absolute Gasteiger partial charge is 0.345 e. The Hall–Kier alpha value is -3.51. The van der Waals surface area contributed by atoms with Gasteiger partial charge in [0.1, 0.15) is 4.90 Å². The molecule has 5 nitrogen and oxygen atoms in total. The van der Waals surface area contributed by atoms with Crippen LogP contribution in [0.15, 0.2) is 89.8 Å². The van der Waals surface area contributed by atoms with Crippen molar-refractivity contribution < 1.29 is 13.2 Å². The number of nitrogens with one attached hydrogen (secondary N) is 1. The zero-order valence-electron chi connectivity index (χ0n) is 17.2. The van der Waals surface area contributed by atoms with Gasteiger partial charge in [-0.3, -0.25) is 4.79 Å². The molecule has 0 spiro atoms. The lowest BCUT2D eigenvalue weighted by molar-refractivity contribution is 0.0938. The fraction of sp³-hybridized carbons (Fsp3) is 0.120. The standard InChI is InChI=1S/C25H22N2O3S/c1-17(18-11-5-3-6-12-18)26-25(28)22-20-15-9-10-16-21(20)27-23(24(22)31(2,29)30)19-13-7-4-8-14-19/h3-17H,1-2H3,(H,26,28). The van der Waals surface area contributed by atoms with Gasteiger partial charge in [-0.1, -0.05) is 78.9 Å². The van der Waals surface area contributed by atoms with Gasteiger partial charge >= 0.3 is 0 Å². The smallest absolute Gasteiger partial charge is 0.253 e. The van der Waals surface area contributed by atoms with Crippen LogP contribution in [0.2, 0.25) is 0 Å². The van der Waals surface area contributed by atoms with Gasteiger partial charge in [-0.25, -0.2) is 13.4 Å². The van der Waals surface area contributed by atoms with Crippen molar-refractivity contribution in [3.05, 3.63) is 96.1 Å². The second-order valence-electron chi connectivity index (χ2n) is 7.43. The van der Waals surface area contributed by atoms with Crippen LogP contribution >= 0.6 is 0 Å². The third-order valence-corrected chi connectivity index (χ3v) is 6.28. The highest BCUT2D eigenvalue weighted by molar-refractivity contribution is 7.91. The summed E-state index contributed by atoms with van der Waals surface area (Å²) in [6.45, 7) is 1.87. The molecule has 156 valence electrons. The summed E-state index contributed by atoms with van der Waals surface area (Å²) in [5.74, 6) is -0.451. The van der Waals surface area contributed by atoms with E-state index in [4.69, 9.17) is 0 Å². The number of sulfone groups is 1. The molecular formula is C25H22N2O3S. The number of carbonyl (C=O) groups is 1. The van der Waals surface area contributed by atoms with Crippen molar-refractivity contribution in [1.82, 2.24) is 10.3 Å². The quantitative estimate of drug-likeness (QED) is 0.494. The first-order valence-corrected chi connectivity index (χ1v) is 11.8. The van der Waals surface area contributed by atoms with Gasteiger partial charge in [0.15, 0.2) is 9.84 Å². The fourth-order valence-electron chi connectivity index (χ4n) is 3.67. The van der Waals surface area contributed by atoms with Crippen molar-refractivity contribution in [3.8, 4) is 11.3 Å². The second-order valence-corrected chi connectivity index (χ2v) is 9.38. The number of benzene rings is 3. The number of hydrogen-bond donors (Lipinski definition) is 1. The zero-order chi connectivity index (χ0) is 22.0. The van der Waals surface area contributed by atoms with E-state index in [1.54, 1.807) is 30.3 Å². The molecule has 1 amide bonds. The van der Waals surface area contributed by atoms with Crippen molar-refractivity contribution in [2.45, 2.75) is 17.9 Å². The van der Waals surface area contributed by atoms with Gasteiger partial charge in [0.05, 0.1) is 22.8 Å². The Bertz CT molecular complexity index is 1350. The number of amides is 1. The molecule has 0 fully saturated rings. The molecule has 1 N–H and O–H groups in total. The number of para-hydroxylation sites is 1. The second kappa shape index (κ2) is 8.32. The number of aromatic nitrogens is 1. The predicted octanol–water partition coefficient (Wildman–Crippen LogP) is 4.80. The van der Waals surface area contributed by atoms with E-state index in [-0.39, 0.29) is 22.2 Å². The minimum absolute atomic E-state index is 0.0600. The molecule has 0 aliphatic carbocycles. The lowest BCUT2D eigenvalue weighted by atomic mass is 10.0. The first-order chi connectivity index (χ1) is 14.9. The molecular weight excluding hydrogens is 408 g/mol. The third-order valence-electron chi connectivity index (χ3n) is 5.14. The molecule has 1 atom stereocenters. The van der Waals surface area contributed by atoms with Gasteiger partial charge in [-0.2, -0.15) is 0 Å². The van der Waals surface area contributed by atoms with Crippen LogP contribution in [-0.4, -0.2) is 25.6 Å². The highest BCUT2D eigenvalue weighted by Crippen LogP contribution is 2.34. The van der Waals surface area contributed by atoms with Crippen LogP contribution in [0, 0.1) is 0 Å². The fourth-order valence-corrected chi connectivity index (χ4v) is 4.75. The summed E-state index contributed by atoms with van der Waals surface area (Å²) >= 11 is 0. The number of hydrogen-bond acceptors (Lipinski definition) is 4. The maximum absolute atomic E-state index is 13.5. The van der Waals surface area contributed by atoms with E-state index in [1.165, 1.54) is 0 Å². The van der Waals surface area contributed by atoms with Crippen molar-refractivity contribution >= 4 is 26.6 Å². The summed E-state index contributed by atoms with van der Waals surface area (Å²) in [6, 6.07) is 25.4. The average Bonchev–Trinajstić information content (AvgIpc) is 2.78. The van der Waals surface area contributed by atoms with Crippen LogP contribution < -0.4 is 5.32 Å². The van der Waals surface area contributed by atoms with E-state index in [1.807, 2.05) is 61.5 Å². The molecule has 1 unspecified atom stereocenters. The Morgan fingerprint density at radius 1 is 0.871 bits per heavy atom. The molecule has 0 aliphatic rings. The molecule has 0 bridgehead atoms. The van der Waals surface area contributed by atoms with E-state index in [0.29, 0.717) is 16.5 Å².